The normalized spacial score (nSPS) is 37.8. The highest BCUT2D eigenvalue weighted by Gasteiger charge is 2.38. The Balaban J connectivity index is 1.71. The highest BCUT2D eigenvalue weighted by Crippen LogP contribution is 2.49. The average molecular weight is 199 g/mol. The van der Waals surface area contributed by atoms with E-state index in [1.807, 2.05) is 0 Å². The highest BCUT2D eigenvalue weighted by molar-refractivity contribution is 6.17. The van der Waals surface area contributed by atoms with E-state index in [0.29, 0.717) is 0 Å². The molecule has 0 nitrogen and oxygen atoms in total. The van der Waals surface area contributed by atoms with Gasteiger partial charge in [-0.05, 0) is 49.9 Å². The van der Waals surface area contributed by atoms with Crippen molar-refractivity contribution in [2.24, 2.45) is 17.8 Å². The van der Waals surface area contributed by atoms with E-state index in [-0.39, 0.29) is 0 Å². The molecule has 0 saturated heterocycles. The summed E-state index contributed by atoms with van der Waals surface area (Å²) in [6.45, 7) is 0. The lowest BCUT2D eigenvalue weighted by Gasteiger charge is -2.19. The predicted molar refractivity (Wildman–Crippen MR) is 58.0 cm³/mol. The molecule has 3 unspecified atom stereocenters. The number of allylic oxidation sites excluding steroid dienone is 2. The van der Waals surface area contributed by atoms with Gasteiger partial charge in [-0.1, -0.05) is 18.6 Å². The average Bonchev–Trinajstić information content (AvgIpc) is 2.73. The zero-order chi connectivity index (χ0) is 9.10. The van der Waals surface area contributed by atoms with E-state index >= 15 is 0 Å². The maximum absolute atomic E-state index is 5.61. The lowest BCUT2D eigenvalue weighted by Crippen LogP contribution is -2.08. The zero-order valence-corrected chi connectivity index (χ0v) is 8.97. The first-order chi connectivity index (χ1) is 6.40. The molecule has 2 bridgehead atoms. The molecule has 0 spiro atoms. The van der Waals surface area contributed by atoms with Crippen molar-refractivity contribution in [2.45, 2.75) is 38.5 Å². The summed E-state index contributed by atoms with van der Waals surface area (Å²) in [4.78, 5) is 0. The second-order valence-corrected chi connectivity index (χ2v) is 5.00. The van der Waals surface area contributed by atoms with Gasteiger partial charge in [0.2, 0.25) is 0 Å². The molecule has 0 aliphatic heterocycles. The van der Waals surface area contributed by atoms with Crippen molar-refractivity contribution in [3.05, 3.63) is 12.2 Å². The Labute approximate surface area is 86.4 Å². The largest absolute Gasteiger partial charge is 0.126 e. The van der Waals surface area contributed by atoms with E-state index in [1.54, 1.807) is 0 Å². The van der Waals surface area contributed by atoms with Gasteiger partial charge in [0, 0.05) is 5.88 Å². The maximum Gasteiger partial charge on any atom is 0.0257 e. The van der Waals surface area contributed by atoms with Crippen LogP contribution in [0.2, 0.25) is 0 Å². The van der Waals surface area contributed by atoms with Crippen LogP contribution in [0.4, 0.5) is 0 Å². The summed E-state index contributed by atoms with van der Waals surface area (Å²) >= 11 is 5.61. The van der Waals surface area contributed by atoms with Gasteiger partial charge in [-0.3, -0.25) is 0 Å². The third kappa shape index (κ3) is 2.28. The molecule has 0 N–H and O–H groups in total. The monoisotopic (exact) mass is 198 g/mol. The van der Waals surface area contributed by atoms with E-state index in [1.165, 1.54) is 32.1 Å². The van der Waals surface area contributed by atoms with Crippen LogP contribution in [0.25, 0.3) is 0 Å². The Morgan fingerprint density at radius 1 is 1.15 bits per heavy atom. The quantitative estimate of drug-likeness (QED) is 0.473. The Morgan fingerprint density at radius 2 is 2.08 bits per heavy atom. The topological polar surface area (TPSA) is 0 Å². The third-order valence-electron chi connectivity index (χ3n) is 3.77. The first-order valence-electron chi connectivity index (χ1n) is 5.61. The number of fused-ring (bicyclic) bond motifs is 2. The SMILES string of the molecule is ClCCC=CCC1CC2CCC1C2. The lowest BCUT2D eigenvalue weighted by atomic mass is 9.86. The fraction of sp³-hybridized carbons (Fsp3) is 0.833. The molecule has 0 aromatic carbocycles. The standard InChI is InChI=1S/C12H19Cl/c13-7-3-1-2-4-11-8-10-5-6-12(11)9-10/h1-2,10-12H,3-9H2. The highest BCUT2D eigenvalue weighted by atomic mass is 35.5. The summed E-state index contributed by atoms with van der Waals surface area (Å²) in [6, 6.07) is 0. The summed E-state index contributed by atoms with van der Waals surface area (Å²) in [5.74, 6) is 3.96. The van der Waals surface area contributed by atoms with Crippen LogP contribution in [0.15, 0.2) is 12.2 Å². The van der Waals surface area contributed by atoms with E-state index in [2.05, 4.69) is 12.2 Å². The number of alkyl halides is 1. The van der Waals surface area contributed by atoms with Crippen molar-refractivity contribution in [3.8, 4) is 0 Å². The van der Waals surface area contributed by atoms with Gasteiger partial charge in [0.25, 0.3) is 0 Å². The van der Waals surface area contributed by atoms with Gasteiger partial charge in [0.15, 0.2) is 0 Å². The minimum absolute atomic E-state index is 0.771. The Bertz CT molecular complexity index is 186. The molecule has 13 heavy (non-hydrogen) atoms. The fourth-order valence-electron chi connectivity index (χ4n) is 3.12. The van der Waals surface area contributed by atoms with Crippen molar-refractivity contribution in [2.75, 3.05) is 5.88 Å². The Kier molecular flexibility index (Phi) is 3.32. The van der Waals surface area contributed by atoms with Gasteiger partial charge in [0.05, 0.1) is 0 Å². The van der Waals surface area contributed by atoms with Crippen LogP contribution >= 0.6 is 11.6 Å². The molecule has 0 radical (unpaired) electrons. The summed E-state index contributed by atoms with van der Waals surface area (Å²) in [7, 11) is 0. The van der Waals surface area contributed by atoms with E-state index in [4.69, 9.17) is 11.6 Å². The van der Waals surface area contributed by atoms with Crippen LogP contribution in [-0.4, -0.2) is 5.88 Å². The predicted octanol–water partition coefficient (Wildman–Crippen LogP) is 4.00. The van der Waals surface area contributed by atoms with Crippen LogP contribution in [-0.2, 0) is 0 Å². The summed E-state index contributed by atoms with van der Waals surface area (Å²) in [6.07, 6.45) is 13.0. The van der Waals surface area contributed by atoms with E-state index in [9.17, 15) is 0 Å². The molecular formula is C12H19Cl. The molecule has 1 heteroatoms. The van der Waals surface area contributed by atoms with Crippen LogP contribution in [0.1, 0.15) is 38.5 Å². The van der Waals surface area contributed by atoms with Crippen molar-refractivity contribution in [1.82, 2.24) is 0 Å². The maximum atomic E-state index is 5.61. The summed E-state index contributed by atoms with van der Waals surface area (Å²) < 4.78 is 0. The summed E-state index contributed by atoms with van der Waals surface area (Å²) in [5, 5.41) is 0. The van der Waals surface area contributed by atoms with Crippen LogP contribution in [0.3, 0.4) is 0 Å². The molecule has 2 saturated carbocycles. The number of hydrogen-bond donors (Lipinski definition) is 0. The molecule has 2 rings (SSSR count). The van der Waals surface area contributed by atoms with Gasteiger partial charge in [-0.2, -0.15) is 0 Å². The van der Waals surface area contributed by atoms with Crippen LogP contribution in [0, 0.1) is 17.8 Å². The molecule has 0 aromatic heterocycles. The molecule has 2 aliphatic carbocycles. The van der Waals surface area contributed by atoms with Crippen molar-refractivity contribution in [1.29, 1.82) is 0 Å². The zero-order valence-electron chi connectivity index (χ0n) is 8.21. The number of hydrogen-bond acceptors (Lipinski definition) is 0. The van der Waals surface area contributed by atoms with E-state index < -0.39 is 0 Å². The van der Waals surface area contributed by atoms with Gasteiger partial charge < -0.3 is 0 Å². The minimum Gasteiger partial charge on any atom is -0.126 e. The van der Waals surface area contributed by atoms with Crippen molar-refractivity contribution >= 4 is 11.6 Å². The Hall–Kier alpha value is 0.0300. The second-order valence-electron chi connectivity index (χ2n) is 4.62. The molecule has 74 valence electrons. The van der Waals surface area contributed by atoms with Crippen molar-refractivity contribution in [3.63, 3.8) is 0 Å². The molecule has 0 aromatic rings. The van der Waals surface area contributed by atoms with E-state index in [0.717, 1.165) is 30.1 Å². The molecule has 2 aliphatic rings. The first kappa shape index (κ1) is 9.58. The van der Waals surface area contributed by atoms with Crippen LogP contribution < -0.4 is 0 Å². The third-order valence-corrected chi connectivity index (χ3v) is 3.98. The van der Waals surface area contributed by atoms with Gasteiger partial charge in [-0.15, -0.1) is 11.6 Å². The summed E-state index contributed by atoms with van der Waals surface area (Å²) in [5.41, 5.74) is 0. The van der Waals surface area contributed by atoms with Crippen LogP contribution in [0.5, 0.6) is 0 Å². The minimum atomic E-state index is 0.771. The lowest BCUT2D eigenvalue weighted by molar-refractivity contribution is 0.336. The van der Waals surface area contributed by atoms with Gasteiger partial charge in [0.1, 0.15) is 0 Å². The number of halogens is 1. The fourth-order valence-corrected chi connectivity index (χ4v) is 3.24. The number of rotatable bonds is 4. The van der Waals surface area contributed by atoms with Gasteiger partial charge >= 0.3 is 0 Å². The first-order valence-corrected chi connectivity index (χ1v) is 6.14. The smallest absolute Gasteiger partial charge is 0.0257 e. The van der Waals surface area contributed by atoms with Gasteiger partial charge in [-0.25, -0.2) is 0 Å². The van der Waals surface area contributed by atoms with Crippen molar-refractivity contribution < 1.29 is 0 Å². The molecule has 2 fully saturated rings. The molecule has 0 heterocycles. The second kappa shape index (κ2) is 4.50. The molecule has 3 atom stereocenters. The molecule has 0 amide bonds. The Morgan fingerprint density at radius 3 is 2.69 bits per heavy atom. The molecular weight excluding hydrogens is 180 g/mol.